The van der Waals surface area contributed by atoms with E-state index in [4.69, 9.17) is 4.98 Å². The van der Waals surface area contributed by atoms with Gasteiger partial charge in [0.05, 0.1) is 0 Å². The molecule has 2 aromatic heterocycles. The average Bonchev–Trinajstić information content (AvgIpc) is 2.93. The van der Waals surface area contributed by atoms with Crippen molar-refractivity contribution in [3.63, 3.8) is 0 Å². The second kappa shape index (κ2) is 7.64. The van der Waals surface area contributed by atoms with Crippen LogP contribution in [0.5, 0.6) is 0 Å². The van der Waals surface area contributed by atoms with Crippen LogP contribution in [0.25, 0.3) is 11.2 Å². The van der Waals surface area contributed by atoms with E-state index in [0.717, 1.165) is 23.4 Å². The van der Waals surface area contributed by atoms with Crippen LogP contribution >= 0.6 is 0 Å². The number of hydrogen-bond donors (Lipinski definition) is 2. The van der Waals surface area contributed by atoms with Crippen LogP contribution < -0.4 is 10.6 Å². The summed E-state index contributed by atoms with van der Waals surface area (Å²) >= 11 is 0. The van der Waals surface area contributed by atoms with E-state index in [1.54, 1.807) is 0 Å². The first kappa shape index (κ1) is 16.7. The lowest BCUT2D eigenvalue weighted by molar-refractivity contribution is 0.238. The van der Waals surface area contributed by atoms with E-state index in [-0.39, 0.29) is 12.1 Å². The number of fused-ring (bicyclic) bond motifs is 1. The van der Waals surface area contributed by atoms with Crippen LogP contribution in [0.1, 0.15) is 57.8 Å². The fourth-order valence-electron chi connectivity index (χ4n) is 3.48. The summed E-state index contributed by atoms with van der Waals surface area (Å²) in [6.45, 7) is 4.48. The number of carbonyl (C=O) groups excluding carboxylic acids is 1. The fraction of sp³-hybridized carbons (Fsp3) is 0.611. The normalized spacial score (nSPS) is 15.8. The second-order valence-electron chi connectivity index (χ2n) is 6.84. The Morgan fingerprint density at radius 2 is 2.12 bits per heavy atom. The van der Waals surface area contributed by atoms with Gasteiger partial charge in [-0.25, -0.2) is 14.8 Å². The molecule has 0 spiro atoms. The van der Waals surface area contributed by atoms with E-state index in [0.29, 0.717) is 12.6 Å². The van der Waals surface area contributed by atoms with Crippen molar-refractivity contribution >= 4 is 17.2 Å². The maximum Gasteiger partial charge on any atom is 0.314 e. The second-order valence-corrected chi connectivity index (χ2v) is 6.84. The molecule has 0 radical (unpaired) electrons. The lowest BCUT2D eigenvalue weighted by atomic mass is 9.95. The lowest BCUT2D eigenvalue weighted by Crippen LogP contribution is -2.40. The topological polar surface area (TPSA) is 71.8 Å². The molecule has 0 atom stereocenters. The van der Waals surface area contributed by atoms with Crippen LogP contribution in [0.2, 0.25) is 0 Å². The highest BCUT2D eigenvalue weighted by molar-refractivity contribution is 5.74. The van der Waals surface area contributed by atoms with E-state index in [1.165, 1.54) is 32.1 Å². The van der Waals surface area contributed by atoms with Gasteiger partial charge in [-0.3, -0.25) is 0 Å². The standard InChI is InChI=1S/C18H27N5O/c1-13(2)21-18(24)20-12-10-16-22-15-9-6-11-19-17(15)23(16)14-7-4-3-5-8-14/h6,9,11,13-14H,3-5,7-8,10,12H2,1-2H3,(H2,20,21,24). The molecule has 2 aromatic rings. The SMILES string of the molecule is CC(C)NC(=O)NCCc1nc2cccnc2n1C1CCCCC1. The third-order valence-electron chi connectivity index (χ3n) is 4.52. The van der Waals surface area contributed by atoms with Crippen molar-refractivity contribution in [2.45, 2.75) is 64.5 Å². The number of nitrogens with zero attached hydrogens (tertiary/aromatic N) is 3. The highest BCUT2D eigenvalue weighted by Gasteiger charge is 2.21. The fourth-order valence-corrected chi connectivity index (χ4v) is 3.48. The first-order valence-corrected chi connectivity index (χ1v) is 9.01. The minimum atomic E-state index is -0.122. The molecule has 3 rings (SSSR count). The van der Waals surface area contributed by atoms with Gasteiger partial charge in [-0.2, -0.15) is 0 Å². The van der Waals surface area contributed by atoms with E-state index in [9.17, 15) is 4.79 Å². The van der Waals surface area contributed by atoms with Crippen LogP contribution in [-0.4, -0.2) is 33.2 Å². The number of urea groups is 1. The summed E-state index contributed by atoms with van der Waals surface area (Å²) in [4.78, 5) is 21.1. The van der Waals surface area contributed by atoms with E-state index >= 15 is 0 Å². The van der Waals surface area contributed by atoms with Crippen LogP contribution in [0, 0.1) is 0 Å². The van der Waals surface area contributed by atoms with Gasteiger partial charge < -0.3 is 15.2 Å². The maximum absolute atomic E-state index is 11.7. The number of amides is 2. The molecule has 2 heterocycles. The van der Waals surface area contributed by atoms with Gasteiger partial charge in [0, 0.05) is 31.2 Å². The van der Waals surface area contributed by atoms with Crippen LogP contribution in [0.15, 0.2) is 18.3 Å². The van der Waals surface area contributed by atoms with Crippen molar-refractivity contribution in [1.82, 2.24) is 25.2 Å². The molecule has 24 heavy (non-hydrogen) atoms. The third-order valence-corrected chi connectivity index (χ3v) is 4.52. The Hall–Kier alpha value is -2.11. The Morgan fingerprint density at radius 1 is 1.33 bits per heavy atom. The molecular formula is C18H27N5O. The smallest absolute Gasteiger partial charge is 0.314 e. The van der Waals surface area contributed by atoms with Gasteiger partial charge in [-0.05, 0) is 38.8 Å². The Bertz CT molecular complexity index is 688. The summed E-state index contributed by atoms with van der Waals surface area (Å²) in [6.07, 6.45) is 8.80. The van der Waals surface area contributed by atoms with Crippen molar-refractivity contribution in [2.75, 3.05) is 6.54 Å². The minimum Gasteiger partial charge on any atom is -0.338 e. The van der Waals surface area contributed by atoms with Gasteiger partial charge in [0.15, 0.2) is 5.65 Å². The van der Waals surface area contributed by atoms with Gasteiger partial charge >= 0.3 is 6.03 Å². The molecule has 1 fully saturated rings. The molecule has 6 nitrogen and oxygen atoms in total. The molecule has 1 saturated carbocycles. The van der Waals surface area contributed by atoms with Gasteiger partial charge in [0.1, 0.15) is 11.3 Å². The zero-order chi connectivity index (χ0) is 16.9. The van der Waals surface area contributed by atoms with E-state index in [1.807, 2.05) is 32.2 Å². The van der Waals surface area contributed by atoms with E-state index in [2.05, 4.69) is 20.2 Å². The molecule has 1 aliphatic rings. The molecule has 6 heteroatoms. The number of nitrogens with one attached hydrogen (secondary N) is 2. The van der Waals surface area contributed by atoms with Gasteiger partial charge in [-0.15, -0.1) is 0 Å². The molecule has 130 valence electrons. The first-order chi connectivity index (χ1) is 11.6. The van der Waals surface area contributed by atoms with Crippen molar-refractivity contribution in [3.8, 4) is 0 Å². The summed E-state index contributed by atoms with van der Waals surface area (Å²) in [5.41, 5.74) is 1.93. The maximum atomic E-state index is 11.7. The molecule has 0 aliphatic heterocycles. The number of pyridine rings is 1. The number of aromatic nitrogens is 3. The molecule has 0 bridgehead atoms. The van der Waals surface area contributed by atoms with Crippen LogP contribution in [0.4, 0.5) is 4.79 Å². The van der Waals surface area contributed by atoms with Crippen LogP contribution in [-0.2, 0) is 6.42 Å². The third kappa shape index (κ3) is 3.86. The molecule has 2 amide bonds. The van der Waals surface area contributed by atoms with Crippen molar-refractivity contribution in [3.05, 3.63) is 24.2 Å². The van der Waals surface area contributed by atoms with Gasteiger partial charge in [0.2, 0.25) is 0 Å². The monoisotopic (exact) mass is 329 g/mol. The summed E-state index contributed by atoms with van der Waals surface area (Å²) in [5, 5.41) is 5.76. The predicted octanol–water partition coefficient (Wildman–Crippen LogP) is 3.19. The molecule has 1 aliphatic carbocycles. The molecule has 0 saturated heterocycles. The quantitative estimate of drug-likeness (QED) is 0.885. The first-order valence-electron chi connectivity index (χ1n) is 9.01. The number of carbonyl (C=O) groups is 1. The zero-order valence-corrected chi connectivity index (χ0v) is 14.6. The Morgan fingerprint density at radius 3 is 2.88 bits per heavy atom. The van der Waals surface area contributed by atoms with Gasteiger partial charge in [0.25, 0.3) is 0 Å². The van der Waals surface area contributed by atoms with Gasteiger partial charge in [-0.1, -0.05) is 19.3 Å². The van der Waals surface area contributed by atoms with Crippen LogP contribution in [0.3, 0.4) is 0 Å². The number of imidazole rings is 1. The zero-order valence-electron chi connectivity index (χ0n) is 14.6. The molecular weight excluding hydrogens is 302 g/mol. The number of hydrogen-bond acceptors (Lipinski definition) is 3. The average molecular weight is 329 g/mol. The Balaban J connectivity index is 1.75. The van der Waals surface area contributed by atoms with E-state index < -0.39 is 0 Å². The van der Waals surface area contributed by atoms with Crippen molar-refractivity contribution in [1.29, 1.82) is 0 Å². The summed E-state index contributed by atoms with van der Waals surface area (Å²) in [6, 6.07) is 4.45. The minimum absolute atomic E-state index is 0.122. The predicted molar refractivity (Wildman–Crippen MR) is 95.0 cm³/mol. The van der Waals surface area contributed by atoms with Crippen molar-refractivity contribution in [2.24, 2.45) is 0 Å². The summed E-state index contributed by atoms with van der Waals surface area (Å²) in [7, 11) is 0. The molecule has 0 aromatic carbocycles. The lowest BCUT2D eigenvalue weighted by Gasteiger charge is -2.25. The largest absolute Gasteiger partial charge is 0.338 e. The molecule has 0 unspecified atom stereocenters. The summed E-state index contributed by atoms with van der Waals surface area (Å²) < 4.78 is 2.32. The Labute approximate surface area is 143 Å². The highest BCUT2D eigenvalue weighted by Crippen LogP contribution is 2.31. The summed E-state index contributed by atoms with van der Waals surface area (Å²) in [5.74, 6) is 1.03. The Kier molecular flexibility index (Phi) is 5.33. The number of rotatable bonds is 5. The van der Waals surface area contributed by atoms with Crippen molar-refractivity contribution < 1.29 is 4.79 Å². The molecule has 2 N–H and O–H groups in total. The highest BCUT2D eigenvalue weighted by atomic mass is 16.2.